The summed E-state index contributed by atoms with van der Waals surface area (Å²) in [5.74, 6) is -1.32. The molecule has 31 heavy (non-hydrogen) atoms. The van der Waals surface area contributed by atoms with Crippen LogP contribution in [0, 0.1) is 12.7 Å². The molecule has 1 aliphatic heterocycles. The summed E-state index contributed by atoms with van der Waals surface area (Å²) in [5.41, 5.74) is 2.67. The van der Waals surface area contributed by atoms with Crippen molar-refractivity contribution < 1.29 is 23.5 Å². The van der Waals surface area contributed by atoms with E-state index in [-0.39, 0.29) is 24.6 Å². The number of benzene rings is 2. The van der Waals surface area contributed by atoms with Gasteiger partial charge in [-0.3, -0.25) is 9.69 Å². The molecule has 0 bridgehead atoms. The van der Waals surface area contributed by atoms with Crippen molar-refractivity contribution in [1.82, 2.24) is 10.2 Å². The van der Waals surface area contributed by atoms with E-state index in [1.807, 2.05) is 12.1 Å². The van der Waals surface area contributed by atoms with Gasteiger partial charge in [0.2, 0.25) is 0 Å². The number of nitrogens with zero attached hydrogens (tertiary/aromatic N) is 1. The lowest BCUT2D eigenvalue weighted by Gasteiger charge is -2.35. The molecule has 2 unspecified atom stereocenters. The summed E-state index contributed by atoms with van der Waals surface area (Å²) >= 11 is 0. The van der Waals surface area contributed by atoms with Crippen LogP contribution in [-0.2, 0) is 27.4 Å². The molecular weight excluding hydrogens is 399 g/mol. The van der Waals surface area contributed by atoms with Gasteiger partial charge in [0.05, 0.1) is 17.8 Å². The molecule has 3 rings (SSSR count). The molecule has 2 atom stereocenters. The Labute approximate surface area is 182 Å². The van der Waals surface area contributed by atoms with E-state index < -0.39 is 18.5 Å². The number of esters is 1. The van der Waals surface area contributed by atoms with Crippen molar-refractivity contribution in [2.24, 2.45) is 0 Å². The summed E-state index contributed by atoms with van der Waals surface area (Å²) in [7, 11) is 0. The molecule has 0 radical (unpaired) electrons. The Hall–Kier alpha value is -2.77. The quantitative estimate of drug-likeness (QED) is 0.686. The summed E-state index contributed by atoms with van der Waals surface area (Å²) in [6.07, 6.45) is 0.406. The van der Waals surface area contributed by atoms with Crippen LogP contribution in [0.1, 0.15) is 40.9 Å². The Morgan fingerprint density at radius 3 is 2.39 bits per heavy atom. The second-order valence-electron chi connectivity index (χ2n) is 8.08. The number of hydrogen-bond donors (Lipinski definition) is 1. The van der Waals surface area contributed by atoms with Gasteiger partial charge in [-0.25, -0.2) is 9.18 Å². The van der Waals surface area contributed by atoms with E-state index in [9.17, 15) is 14.0 Å². The molecule has 0 aliphatic carbocycles. The molecule has 2 aromatic rings. The molecule has 0 spiro atoms. The van der Waals surface area contributed by atoms with Gasteiger partial charge in [-0.05, 0) is 55.7 Å². The highest BCUT2D eigenvalue weighted by atomic mass is 19.1. The fraction of sp³-hybridized carbons (Fsp3) is 0.417. The highest BCUT2D eigenvalue weighted by molar-refractivity contribution is 5.91. The molecule has 1 aliphatic rings. The first-order valence-electron chi connectivity index (χ1n) is 10.5. The van der Waals surface area contributed by atoms with E-state index in [0.29, 0.717) is 16.7 Å². The number of morpholine rings is 1. The summed E-state index contributed by atoms with van der Waals surface area (Å²) in [6.45, 7) is 8.12. The largest absolute Gasteiger partial charge is 0.452 e. The molecule has 7 heteroatoms. The molecule has 1 heterocycles. The van der Waals surface area contributed by atoms with Gasteiger partial charge in [-0.1, -0.05) is 24.3 Å². The second-order valence-corrected chi connectivity index (χ2v) is 8.08. The number of nitrogens with one attached hydrogen (secondary N) is 1. The van der Waals surface area contributed by atoms with Crippen molar-refractivity contribution in [2.45, 2.75) is 46.1 Å². The Kier molecular flexibility index (Phi) is 7.76. The average Bonchev–Trinajstić information content (AvgIpc) is 2.72. The number of halogens is 1. The fourth-order valence-electron chi connectivity index (χ4n) is 3.63. The number of carbonyl (C=O) groups is 2. The molecule has 0 saturated carbocycles. The molecule has 0 aromatic heterocycles. The first kappa shape index (κ1) is 22.9. The van der Waals surface area contributed by atoms with Crippen LogP contribution >= 0.6 is 0 Å². The van der Waals surface area contributed by atoms with E-state index in [4.69, 9.17) is 9.47 Å². The standard InChI is InChI=1S/C24H29FN2O4/c1-16-4-5-20(10-22(16)25)11-26-23(28)15-30-24(29)21-8-6-19(7-9-21)14-27-12-17(2)31-18(3)13-27/h4-10,17-18H,11-15H2,1-3H3,(H,26,28). The number of carbonyl (C=O) groups excluding carboxylic acids is 2. The van der Waals surface area contributed by atoms with Gasteiger partial charge in [0, 0.05) is 26.2 Å². The molecule has 1 N–H and O–H groups in total. The number of rotatable bonds is 7. The minimum Gasteiger partial charge on any atom is -0.452 e. The zero-order chi connectivity index (χ0) is 22.4. The normalized spacial score (nSPS) is 19.1. The van der Waals surface area contributed by atoms with E-state index in [2.05, 4.69) is 24.1 Å². The van der Waals surface area contributed by atoms with Gasteiger partial charge in [-0.15, -0.1) is 0 Å². The maximum atomic E-state index is 13.5. The van der Waals surface area contributed by atoms with Crippen LogP contribution in [0.3, 0.4) is 0 Å². The van der Waals surface area contributed by atoms with Crippen LogP contribution in [0.4, 0.5) is 4.39 Å². The zero-order valence-corrected chi connectivity index (χ0v) is 18.2. The maximum Gasteiger partial charge on any atom is 0.338 e. The van der Waals surface area contributed by atoms with Crippen LogP contribution in [0.5, 0.6) is 0 Å². The molecule has 1 amide bonds. The van der Waals surface area contributed by atoms with Gasteiger partial charge < -0.3 is 14.8 Å². The van der Waals surface area contributed by atoms with E-state index in [1.54, 1.807) is 31.2 Å². The minimum absolute atomic E-state index is 0.168. The van der Waals surface area contributed by atoms with Crippen LogP contribution in [-0.4, -0.2) is 48.7 Å². The average molecular weight is 429 g/mol. The first-order valence-corrected chi connectivity index (χ1v) is 10.5. The lowest BCUT2D eigenvalue weighted by atomic mass is 10.1. The minimum atomic E-state index is -0.559. The molecule has 2 aromatic carbocycles. The molecule has 1 saturated heterocycles. The van der Waals surface area contributed by atoms with Crippen LogP contribution in [0.25, 0.3) is 0 Å². The Morgan fingerprint density at radius 1 is 1.10 bits per heavy atom. The third-order valence-corrected chi connectivity index (χ3v) is 5.15. The fourth-order valence-corrected chi connectivity index (χ4v) is 3.63. The summed E-state index contributed by atoms with van der Waals surface area (Å²) in [5, 5.41) is 2.62. The number of hydrogen-bond acceptors (Lipinski definition) is 5. The number of ether oxygens (including phenoxy) is 2. The van der Waals surface area contributed by atoms with Gasteiger partial charge in [-0.2, -0.15) is 0 Å². The van der Waals surface area contributed by atoms with Crippen molar-refractivity contribution in [1.29, 1.82) is 0 Å². The topological polar surface area (TPSA) is 67.9 Å². The summed E-state index contributed by atoms with van der Waals surface area (Å²) in [4.78, 5) is 26.5. The predicted octanol–water partition coefficient (Wildman–Crippen LogP) is 3.22. The Morgan fingerprint density at radius 2 is 1.74 bits per heavy atom. The van der Waals surface area contributed by atoms with Crippen molar-refractivity contribution >= 4 is 11.9 Å². The summed E-state index contributed by atoms with van der Waals surface area (Å²) in [6, 6.07) is 12.0. The van der Waals surface area contributed by atoms with Gasteiger partial charge >= 0.3 is 5.97 Å². The van der Waals surface area contributed by atoms with E-state index in [1.165, 1.54) is 6.07 Å². The summed E-state index contributed by atoms with van der Waals surface area (Å²) < 4.78 is 24.4. The maximum absolute atomic E-state index is 13.5. The molecule has 1 fully saturated rings. The third-order valence-electron chi connectivity index (χ3n) is 5.15. The van der Waals surface area contributed by atoms with E-state index >= 15 is 0 Å². The predicted molar refractivity (Wildman–Crippen MR) is 115 cm³/mol. The van der Waals surface area contributed by atoms with Crippen molar-refractivity contribution in [3.05, 3.63) is 70.5 Å². The third kappa shape index (κ3) is 6.87. The van der Waals surface area contributed by atoms with Crippen molar-refractivity contribution in [2.75, 3.05) is 19.7 Å². The van der Waals surface area contributed by atoms with Crippen molar-refractivity contribution in [3.8, 4) is 0 Å². The highest BCUT2D eigenvalue weighted by Crippen LogP contribution is 2.15. The smallest absolute Gasteiger partial charge is 0.338 e. The Bertz CT molecular complexity index is 906. The van der Waals surface area contributed by atoms with Gasteiger partial charge in [0.25, 0.3) is 5.91 Å². The second kappa shape index (κ2) is 10.5. The van der Waals surface area contributed by atoms with Gasteiger partial charge in [0.1, 0.15) is 5.82 Å². The highest BCUT2D eigenvalue weighted by Gasteiger charge is 2.22. The van der Waals surface area contributed by atoms with Gasteiger partial charge in [0.15, 0.2) is 6.61 Å². The first-order chi connectivity index (χ1) is 14.8. The zero-order valence-electron chi connectivity index (χ0n) is 18.2. The molecule has 6 nitrogen and oxygen atoms in total. The van der Waals surface area contributed by atoms with E-state index in [0.717, 1.165) is 25.2 Å². The lowest BCUT2D eigenvalue weighted by Crippen LogP contribution is -2.44. The molecule has 166 valence electrons. The lowest BCUT2D eigenvalue weighted by molar-refractivity contribution is -0.124. The van der Waals surface area contributed by atoms with Crippen LogP contribution in [0.15, 0.2) is 42.5 Å². The van der Waals surface area contributed by atoms with Crippen LogP contribution < -0.4 is 5.32 Å². The number of aryl methyl sites for hydroxylation is 1. The molecular formula is C24H29FN2O4. The monoisotopic (exact) mass is 428 g/mol. The van der Waals surface area contributed by atoms with Crippen LogP contribution in [0.2, 0.25) is 0 Å². The number of amides is 1. The van der Waals surface area contributed by atoms with Crippen molar-refractivity contribution in [3.63, 3.8) is 0 Å². The SMILES string of the molecule is Cc1ccc(CNC(=O)COC(=O)c2ccc(CN3CC(C)OC(C)C3)cc2)cc1F. The Balaban J connectivity index is 1.43.